The molecule has 106 valence electrons. The van der Waals surface area contributed by atoms with Crippen molar-refractivity contribution >= 4 is 5.91 Å². The van der Waals surface area contributed by atoms with Gasteiger partial charge in [0, 0.05) is 19.3 Å². The molecule has 0 aliphatic rings. The maximum atomic E-state index is 12.9. The van der Waals surface area contributed by atoms with Gasteiger partial charge in [0.1, 0.15) is 11.5 Å². The fraction of sp³-hybridized carbons (Fsp3) is 0.333. The molecule has 0 aliphatic carbocycles. The largest absolute Gasteiger partial charge is 0.333 e. The zero-order valence-corrected chi connectivity index (χ0v) is 11.5. The molecule has 4 nitrogen and oxygen atoms in total. The van der Waals surface area contributed by atoms with Crippen LogP contribution in [0, 0.1) is 5.82 Å². The summed E-state index contributed by atoms with van der Waals surface area (Å²) in [4.78, 5) is 14.1. The van der Waals surface area contributed by atoms with Crippen LogP contribution in [0.25, 0.3) is 0 Å². The Morgan fingerprint density at radius 2 is 2.05 bits per heavy atom. The van der Waals surface area contributed by atoms with E-state index in [2.05, 4.69) is 17.1 Å². The van der Waals surface area contributed by atoms with Gasteiger partial charge in [-0.2, -0.15) is 5.10 Å². The lowest BCUT2D eigenvalue weighted by atomic mass is 10.2. The van der Waals surface area contributed by atoms with E-state index in [0.29, 0.717) is 18.8 Å². The molecule has 2 rings (SSSR count). The van der Waals surface area contributed by atoms with Crippen molar-refractivity contribution in [3.05, 3.63) is 53.6 Å². The van der Waals surface area contributed by atoms with E-state index in [4.69, 9.17) is 0 Å². The summed E-state index contributed by atoms with van der Waals surface area (Å²) in [5, 5.41) is 6.49. The minimum absolute atomic E-state index is 0.0831. The van der Waals surface area contributed by atoms with Gasteiger partial charge in [-0.3, -0.25) is 9.89 Å². The number of carbonyl (C=O) groups excluding carboxylic acids is 1. The maximum absolute atomic E-state index is 12.9. The summed E-state index contributed by atoms with van der Waals surface area (Å²) in [6.07, 6.45) is 3.50. The van der Waals surface area contributed by atoms with Crippen LogP contribution in [0.1, 0.15) is 35.8 Å². The van der Waals surface area contributed by atoms with Gasteiger partial charge in [0.05, 0.1) is 0 Å². The van der Waals surface area contributed by atoms with E-state index in [9.17, 15) is 9.18 Å². The van der Waals surface area contributed by atoms with E-state index >= 15 is 0 Å². The number of H-pyrrole nitrogens is 1. The van der Waals surface area contributed by atoms with Crippen LogP contribution in [0.15, 0.2) is 36.5 Å². The van der Waals surface area contributed by atoms with Crippen LogP contribution in [0.5, 0.6) is 0 Å². The lowest BCUT2D eigenvalue weighted by Crippen LogP contribution is -2.31. The van der Waals surface area contributed by atoms with Gasteiger partial charge in [-0.1, -0.05) is 25.5 Å². The molecule has 1 heterocycles. The number of halogens is 1. The molecule has 1 aromatic heterocycles. The Kier molecular flexibility index (Phi) is 4.87. The molecule has 0 saturated heterocycles. The molecule has 0 aliphatic heterocycles. The van der Waals surface area contributed by atoms with Gasteiger partial charge in [-0.15, -0.1) is 0 Å². The van der Waals surface area contributed by atoms with Crippen molar-refractivity contribution in [2.45, 2.75) is 26.3 Å². The van der Waals surface area contributed by atoms with Gasteiger partial charge in [-0.25, -0.2) is 4.39 Å². The number of aromatic amines is 1. The average molecular weight is 275 g/mol. The molecule has 1 aromatic carbocycles. The lowest BCUT2D eigenvalue weighted by Gasteiger charge is -2.22. The van der Waals surface area contributed by atoms with Crippen molar-refractivity contribution in [3.8, 4) is 0 Å². The van der Waals surface area contributed by atoms with E-state index in [-0.39, 0.29) is 11.7 Å². The van der Waals surface area contributed by atoms with Crippen LogP contribution >= 0.6 is 0 Å². The third-order valence-corrected chi connectivity index (χ3v) is 3.09. The van der Waals surface area contributed by atoms with Gasteiger partial charge < -0.3 is 4.90 Å². The first-order valence-corrected chi connectivity index (χ1v) is 6.74. The summed E-state index contributed by atoms with van der Waals surface area (Å²) >= 11 is 0. The van der Waals surface area contributed by atoms with Crippen LogP contribution < -0.4 is 0 Å². The van der Waals surface area contributed by atoms with Crippen molar-refractivity contribution in [2.75, 3.05) is 6.54 Å². The number of amides is 1. The highest BCUT2D eigenvalue weighted by molar-refractivity contribution is 5.92. The topological polar surface area (TPSA) is 49.0 Å². The number of hydrogen-bond acceptors (Lipinski definition) is 2. The molecule has 5 heteroatoms. The Bertz CT molecular complexity index is 537. The SMILES string of the molecule is CCCCN(Cc1ccc(F)cc1)C(=O)c1ccn[nH]1. The van der Waals surface area contributed by atoms with Gasteiger partial charge in [0.2, 0.25) is 0 Å². The second-order valence-corrected chi connectivity index (χ2v) is 4.68. The van der Waals surface area contributed by atoms with Crippen LogP contribution in [0.2, 0.25) is 0 Å². The van der Waals surface area contributed by atoms with Crippen molar-refractivity contribution in [2.24, 2.45) is 0 Å². The molecule has 1 amide bonds. The molecular formula is C15H18FN3O. The average Bonchev–Trinajstić information content (AvgIpc) is 2.99. The third kappa shape index (κ3) is 3.66. The fourth-order valence-corrected chi connectivity index (χ4v) is 1.96. The standard InChI is InChI=1S/C15H18FN3O/c1-2-3-10-19(15(20)14-8-9-17-18-14)11-12-4-6-13(16)7-5-12/h4-9H,2-3,10-11H2,1H3,(H,17,18). The summed E-state index contributed by atoms with van der Waals surface area (Å²) in [5.41, 5.74) is 1.39. The molecule has 0 saturated carbocycles. The number of nitrogens with one attached hydrogen (secondary N) is 1. The van der Waals surface area contributed by atoms with Gasteiger partial charge >= 0.3 is 0 Å². The van der Waals surface area contributed by atoms with Crippen molar-refractivity contribution in [1.82, 2.24) is 15.1 Å². The Labute approximate surface area is 117 Å². The zero-order valence-electron chi connectivity index (χ0n) is 11.5. The summed E-state index contributed by atoms with van der Waals surface area (Å²) in [6, 6.07) is 7.89. The number of carbonyl (C=O) groups is 1. The van der Waals surface area contributed by atoms with E-state index in [0.717, 1.165) is 18.4 Å². The van der Waals surface area contributed by atoms with E-state index in [1.165, 1.54) is 12.1 Å². The lowest BCUT2D eigenvalue weighted by molar-refractivity contribution is 0.0735. The zero-order chi connectivity index (χ0) is 14.4. The molecular weight excluding hydrogens is 257 g/mol. The van der Waals surface area contributed by atoms with Crippen molar-refractivity contribution < 1.29 is 9.18 Å². The first-order valence-electron chi connectivity index (χ1n) is 6.74. The van der Waals surface area contributed by atoms with Crippen molar-refractivity contribution in [1.29, 1.82) is 0 Å². The predicted octanol–water partition coefficient (Wildman–Crippen LogP) is 2.99. The maximum Gasteiger partial charge on any atom is 0.272 e. The normalized spacial score (nSPS) is 10.5. The number of aromatic nitrogens is 2. The highest BCUT2D eigenvalue weighted by Gasteiger charge is 2.16. The van der Waals surface area contributed by atoms with E-state index < -0.39 is 0 Å². The van der Waals surface area contributed by atoms with Crippen LogP contribution in [0.4, 0.5) is 4.39 Å². The molecule has 0 bridgehead atoms. The number of hydrogen-bond donors (Lipinski definition) is 1. The van der Waals surface area contributed by atoms with Crippen LogP contribution in [-0.2, 0) is 6.54 Å². The second-order valence-electron chi connectivity index (χ2n) is 4.68. The minimum Gasteiger partial charge on any atom is -0.333 e. The number of rotatable bonds is 6. The quantitative estimate of drug-likeness (QED) is 0.881. The Morgan fingerprint density at radius 3 is 2.65 bits per heavy atom. The van der Waals surface area contributed by atoms with Gasteiger partial charge in [-0.05, 0) is 30.2 Å². The molecule has 0 fully saturated rings. The summed E-state index contributed by atoms with van der Waals surface area (Å²) in [7, 11) is 0. The first-order chi connectivity index (χ1) is 9.70. The minimum atomic E-state index is -0.270. The Hall–Kier alpha value is -2.17. The fourth-order valence-electron chi connectivity index (χ4n) is 1.96. The molecule has 1 N–H and O–H groups in total. The molecule has 0 spiro atoms. The van der Waals surface area contributed by atoms with Gasteiger partial charge in [0.15, 0.2) is 0 Å². The summed E-state index contributed by atoms with van der Waals surface area (Å²) < 4.78 is 12.9. The van der Waals surface area contributed by atoms with E-state index in [1.807, 2.05) is 0 Å². The molecule has 0 unspecified atom stereocenters. The number of benzene rings is 1. The highest BCUT2D eigenvalue weighted by atomic mass is 19.1. The molecule has 2 aromatic rings. The molecule has 20 heavy (non-hydrogen) atoms. The molecule has 0 atom stereocenters. The summed E-state index contributed by atoms with van der Waals surface area (Å²) in [5.74, 6) is -0.353. The van der Waals surface area contributed by atoms with Crippen LogP contribution in [-0.4, -0.2) is 27.5 Å². The Morgan fingerprint density at radius 1 is 1.30 bits per heavy atom. The van der Waals surface area contributed by atoms with Gasteiger partial charge in [0.25, 0.3) is 5.91 Å². The molecule has 0 radical (unpaired) electrons. The predicted molar refractivity (Wildman–Crippen MR) is 74.6 cm³/mol. The Balaban J connectivity index is 2.10. The number of nitrogens with zero attached hydrogens (tertiary/aromatic N) is 2. The smallest absolute Gasteiger partial charge is 0.272 e. The number of unbranched alkanes of at least 4 members (excludes halogenated alkanes) is 1. The summed E-state index contributed by atoms with van der Waals surface area (Å²) in [6.45, 7) is 3.22. The van der Waals surface area contributed by atoms with Crippen LogP contribution in [0.3, 0.4) is 0 Å². The van der Waals surface area contributed by atoms with E-state index in [1.54, 1.807) is 29.3 Å². The third-order valence-electron chi connectivity index (χ3n) is 3.09. The second kappa shape index (κ2) is 6.84. The highest BCUT2D eigenvalue weighted by Crippen LogP contribution is 2.11. The van der Waals surface area contributed by atoms with Crippen molar-refractivity contribution in [3.63, 3.8) is 0 Å². The first kappa shape index (κ1) is 14.2. The monoisotopic (exact) mass is 275 g/mol.